The summed E-state index contributed by atoms with van der Waals surface area (Å²) in [6, 6.07) is 4.62. The summed E-state index contributed by atoms with van der Waals surface area (Å²) < 4.78 is 5.12. The van der Waals surface area contributed by atoms with Crippen LogP contribution in [0.25, 0.3) is 0 Å². The van der Waals surface area contributed by atoms with Gasteiger partial charge in [0.05, 0.1) is 6.10 Å². The van der Waals surface area contributed by atoms with E-state index in [0.717, 1.165) is 0 Å². The van der Waals surface area contributed by atoms with Crippen molar-refractivity contribution >= 4 is 11.8 Å². The van der Waals surface area contributed by atoms with Gasteiger partial charge in [-0.15, -0.1) is 10.2 Å². The van der Waals surface area contributed by atoms with Gasteiger partial charge in [-0.05, 0) is 32.9 Å². The van der Waals surface area contributed by atoms with Crippen molar-refractivity contribution in [1.82, 2.24) is 10.2 Å². The summed E-state index contributed by atoms with van der Waals surface area (Å²) in [6.45, 7) is 5.32. The van der Waals surface area contributed by atoms with Gasteiger partial charge in [-0.1, -0.05) is 0 Å². The molecule has 1 atom stereocenters. The molecule has 6 nitrogen and oxygen atoms in total. The number of likely N-dealkylation sites (N-methyl/N-ethyl adjacent to an activating group) is 1. The molecule has 0 radical (unpaired) electrons. The van der Waals surface area contributed by atoms with Crippen molar-refractivity contribution in [1.29, 1.82) is 5.26 Å². The molecule has 96 valence electrons. The maximum Gasteiger partial charge on any atom is 0.328 e. The van der Waals surface area contributed by atoms with E-state index in [0.29, 0.717) is 5.82 Å². The highest BCUT2D eigenvalue weighted by atomic mass is 16.5. The van der Waals surface area contributed by atoms with Crippen LogP contribution in [0.5, 0.6) is 0 Å². The maximum absolute atomic E-state index is 11.7. The first-order chi connectivity index (χ1) is 8.45. The van der Waals surface area contributed by atoms with E-state index < -0.39 is 6.04 Å². The second kappa shape index (κ2) is 5.96. The van der Waals surface area contributed by atoms with Crippen LogP contribution in [-0.2, 0) is 9.53 Å². The number of hydrogen-bond donors (Lipinski definition) is 0. The largest absolute Gasteiger partial charge is 0.461 e. The fourth-order valence-corrected chi connectivity index (χ4v) is 1.26. The van der Waals surface area contributed by atoms with Crippen LogP contribution in [-0.4, -0.2) is 35.4 Å². The molecule has 1 rings (SSSR count). The first kappa shape index (κ1) is 13.9. The highest BCUT2D eigenvalue weighted by Gasteiger charge is 2.21. The van der Waals surface area contributed by atoms with Crippen LogP contribution in [0.2, 0.25) is 0 Å². The van der Waals surface area contributed by atoms with E-state index >= 15 is 0 Å². The van der Waals surface area contributed by atoms with Crippen LogP contribution >= 0.6 is 0 Å². The molecule has 0 bridgehead atoms. The number of hydrogen-bond acceptors (Lipinski definition) is 6. The summed E-state index contributed by atoms with van der Waals surface area (Å²) in [5.74, 6) is 0.195. The van der Waals surface area contributed by atoms with Gasteiger partial charge in [-0.2, -0.15) is 5.26 Å². The zero-order chi connectivity index (χ0) is 13.7. The molecule has 0 saturated heterocycles. The summed E-state index contributed by atoms with van der Waals surface area (Å²) in [5.41, 5.74) is 0.240. The lowest BCUT2D eigenvalue weighted by Gasteiger charge is -2.24. The van der Waals surface area contributed by atoms with E-state index in [9.17, 15) is 4.79 Å². The number of carbonyl (C=O) groups excluding carboxylic acids is 1. The third kappa shape index (κ3) is 3.42. The number of aromatic nitrogens is 2. The van der Waals surface area contributed by atoms with Gasteiger partial charge in [0.2, 0.25) is 0 Å². The summed E-state index contributed by atoms with van der Waals surface area (Å²) in [6.07, 6.45) is -0.152. The van der Waals surface area contributed by atoms with Gasteiger partial charge in [-0.25, -0.2) is 4.79 Å². The Morgan fingerprint density at radius 1 is 1.39 bits per heavy atom. The Morgan fingerprint density at radius 2 is 2.06 bits per heavy atom. The summed E-state index contributed by atoms with van der Waals surface area (Å²) in [7, 11) is 1.72. The number of anilines is 1. The third-order valence-corrected chi connectivity index (χ3v) is 2.40. The molecule has 1 aromatic heterocycles. The van der Waals surface area contributed by atoms with Crippen LogP contribution < -0.4 is 4.90 Å². The fraction of sp³-hybridized carbons (Fsp3) is 0.500. The lowest BCUT2D eigenvalue weighted by molar-refractivity contribution is -0.148. The van der Waals surface area contributed by atoms with Crippen LogP contribution in [0.3, 0.4) is 0 Å². The Hall–Kier alpha value is -2.16. The minimum Gasteiger partial charge on any atom is -0.461 e. The molecule has 0 spiro atoms. The van der Waals surface area contributed by atoms with Crippen molar-refractivity contribution in [3.8, 4) is 6.07 Å². The molecule has 0 amide bonds. The monoisotopic (exact) mass is 248 g/mol. The van der Waals surface area contributed by atoms with Crippen LogP contribution in [0.4, 0.5) is 5.82 Å². The molecular weight excluding hydrogens is 232 g/mol. The van der Waals surface area contributed by atoms with Gasteiger partial charge in [0, 0.05) is 7.05 Å². The zero-order valence-corrected chi connectivity index (χ0v) is 10.9. The lowest BCUT2D eigenvalue weighted by Crippen LogP contribution is -2.38. The van der Waals surface area contributed by atoms with E-state index in [1.54, 1.807) is 44.9 Å². The Balaban J connectivity index is 2.76. The van der Waals surface area contributed by atoms with Crippen LogP contribution in [0.15, 0.2) is 12.1 Å². The van der Waals surface area contributed by atoms with Gasteiger partial charge in [0.15, 0.2) is 11.5 Å². The van der Waals surface area contributed by atoms with E-state index in [-0.39, 0.29) is 17.8 Å². The maximum atomic E-state index is 11.7. The highest BCUT2D eigenvalue weighted by Crippen LogP contribution is 2.12. The average Bonchev–Trinajstić information content (AvgIpc) is 2.36. The molecule has 1 heterocycles. The molecule has 0 aliphatic heterocycles. The minimum absolute atomic E-state index is 0.152. The predicted octanol–water partition coefficient (Wildman–Crippen LogP) is 1.12. The Morgan fingerprint density at radius 3 is 2.50 bits per heavy atom. The van der Waals surface area contributed by atoms with Gasteiger partial charge < -0.3 is 9.64 Å². The molecule has 0 aliphatic rings. The molecule has 18 heavy (non-hydrogen) atoms. The SMILES string of the molecule is CC(C)OC(=O)C(C)N(C)c1ccc(C#N)nn1. The van der Waals surface area contributed by atoms with Gasteiger partial charge in [-0.3, -0.25) is 0 Å². The number of rotatable bonds is 4. The second-order valence-corrected chi connectivity index (χ2v) is 4.16. The average molecular weight is 248 g/mol. The van der Waals surface area contributed by atoms with Crippen molar-refractivity contribution in [3.05, 3.63) is 17.8 Å². The predicted molar refractivity (Wildman–Crippen MR) is 65.8 cm³/mol. The molecule has 0 aromatic carbocycles. The number of ether oxygens (including phenoxy) is 1. The molecule has 1 aromatic rings. The Bertz CT molecular complexity index is 450. The Labute approximate surface area is 106 Å². The first-order valence-corrected chi connectivity index (χ1v) is 5.63. The van der Waals surface area contributed by atoms with Gasteiger partial charge in [0.1, 0.15) is 12.1 Å². The van der Waals surface area contributed by atoms with Crippen molar-refractivity contribution < 1.29 is 9.53 Å². The van der Waals surface area contributed by atoms with Crippen LogP contribution in [0.1, 0.15) is 26.5 Å². The highest BCUT2D eigenvalue weighted by molar-refractivity contribution is 5.79. The molecule has 0 fully saturated rings. The van der Waals surface area contributed by atoms with E-state index in [2.05, 4.69) is 10.2 Å². The first-order valence-electron chi connectivity index (χ1n) is 5.63. The lowest BCUT2D eigenvalue weighted by atomic mass is 10.3. The standard InChI is InChI=1S/C12H16N4O2/c1-8(2)18-12(17)9(3)16(4)11-6-5-10(7-13)14-15-11/h5-6,8-9H,1-4H3. The van der Waals surface area contributed by atoms with Crippen molar-refractivity contribution in [2.75, 3.05) is 11.9 Å². The molecule has 0 saturated carbocycles. The van der Waals surface area contributed by atoms with E-state index in [4.69, 9.17) is 10.00 Å². The minimum atomic E-state index is -0.463. The van der Waals surface area contributed by atoms with Crippen LogP contribution in [0, 0.1) is 11.3 Å². The third-order valence-electron chi connectivity index (χ3n) is 2.40. The quantitative estimate of drug-likeness (QED) is 0.743. The summed E-state index contributed by atoms with van der Waals surface area (Å²) in [4.78, 5) is 13.4. The normalized spacial score (nSPS) is 11.8. The topological polar surface area (TPSA) is 79.1 Å². The summed E-state index contributed by atoms with van der Waals surface area (Å²) in [5, 5.41) is 16.2. The van der Waals surface area contributed by atoms with Crippen molar-refractivity contribution in [2.45, 2.75) is 32.9 Å². The number of esters is 1. The number of nitriles is 1. The van der Waals surface area contributed by atoms with Gasteiger partial charge >= 0.3 is 5.97 Å². The number of carbonyl (C=O) groups is 1. The molecule has 0 aliphatic carbocycles. The van der Waals surface area contributed by atoms with Gasteiger partial charge in [0.25, 0.3) is 0 Å². The van der Waals surface area contributed by atoms with Crippen molar-refractivity contribution in [2.24, 2.45) is 0 Å². The second-order valence-electron chi connectivity index (χ2n) is 4.16. The smallest absolute Gasteiger partial charge is 0.328 e. The summed E-state index contributed by atoms with van der Waals surface area (Å²) >= 11 is 0. The molecule has 0 N–H and O–H groups in total. The fourth-order valence-electron chi connectivity index (χ4n) is 1.26. The van der Waals surface area contributed by atoms with E-state index in [1.807, 2.05) is 6.07 Å². The molecule has 1 unspecified atom stereocenters. The molecular formula is C12H16N4O2. The zero-order valence-electron chi connectivity index (χ0n) is 10.9. The number of nitrogens with zero attached hydrogens (tertiary/aromatic N) is 4. The molecule has 6 heteroatoms. The Kier molecular flexibility index (Phi) is 4.60. The van der Waals surface area contributed by atoms with Crippen molar-refractivity contribution in [3.63, 3.8) is 0 Å². The van der Waals surface area contributed by atoms with E-state index in [1.165, 1.54) is 0 Å².